The highest BCUT2D eigenvalue weighted by atomic mass is 32.2. The molecule has 7 heteroatoms. The molecule has 0 radical (unpaired) electrons. The average molecular weight is 305 g/mol. The summed E-state index contributed by atoms with van der Waals surface area (Å²) in [6, 6.07) is 4.49. The summed E-state index contributed by atoms with van der Waals surface area (Å²) in [6.45, 7) is 0. The van der Waals surface area contributed by atoms with Crippen LogP contribution in [0, 0.1) is 0 Å². The molecule has 0 atom stereocenters. The maximum atomic E-state index is 12.5. The lowest BCUT2D eigenvalue weighted by Gasteiger charge is -2.12. The number of hydrogen-bond donors (Lipinski definition) is 0. The zero-order chi connectivity index (χ0) is 14.2. The van der Waals surface area contributed by atoms with E-state index in [0.717, 1.165) is 0 Å². The van der Waals surface area contributed by atoms with Crippen molar-refractivity contribution in [2.75, 3.05) is 6.26 Å². The van der Waals surface area contributed by atoms with Crippen LogP contribution in [0.25, 0.3) is 10.9 Å². The topological polar surface area (TPSA) is 22.0 Å². The summed E-state index contributed by atoms with van der Waals surface area (Å²) in [5.74, 6) is 0. The van der Waals surface area contributed by atoms with Gasteiger partial charge in [0.05, 0.1) is 15.8 Å². The predicted octanol–water partition coefficient (Wildman–Crippen LogP) is 3.87. The fraction of sp³-hybridized carbons (Fsp3) is 0.250. The highest BCUT2D eigenvalue weighted by Gasteiger charge is 2.30. The molecular formula is C12H10F3NOS2. The second-order valence-electron chi connectivity index (χ2n) is 3.84. The third-order valence-corrected chi connectivity index (χ3v) is 4.11. The quantitative estimate of drug-likeness (QED) is 0.786. The Morgan fingerprint density at radius 3 is 2.47 bits per heavy atom. The first-order valence-corrected chi connectivity index (χ1v) is 7.29. The van der Waals surface area contributed by atoms with E-state index in [9.17, 15) is 18.0 Å². The Labute approximate surface area is 116 Å². The smallest absolute Gasteiger partial charge is 0.349 e. The second kappa shape index (κ2) is 5.13. The van der Waals surface area contributed by atoms with Crippen LogP contribution in [-0.4, -0.2) is 16.3 Å². The van der Waals surface area contributed by atoms with Crippen LogP contribution in [-0.2, 0) is 7.05 Å². The standard InChI is InChI=1S/C12H10F3NOS2/c1-16-6-9(18-2)11(17)10-7(16)4-3-5-8(10)19-12(13,14)15/h3-6H,1-2H3. The molecule has 0 saturated carbocycles. The van der Waals surface area contributed by atoms with Crippen molar-refractivity contribution < 1.29 is 13.2 Å². The van der Waals surface area contributed by atoms with Gasteiger partial charge in [0.1, 0.15) is 0 Å². The first kappa shape index (κ1) is 14.3. The Hall–Kier alpha value is -1.08. The predicted molar refractivity (Wildman–Crippen MR) is 72.9 cm³/mol. The Balaban J connectivity index is 2.79. The van der Waals surface area contributed by atoms with Crippen molar-refractivity contribution in [2.45, 2.75) is 15.3 Å². The van der Waals surface area contributed by atoms with Gasteiger partial charge in [-0.3, -0.25) is 4.79 Å². The summed E-state index contributed by atoms with van der Waals surface area (Å²) in [5.41, 5.74) is -4.26. The zero-order valence-electron chi connectivity index (χ0n) is 10.1. The summed E-state index contributed by atoms with van der Waals surface area (Å²) in [4.78, 5) is 12.6. The molecule has 0 N–H and O–H groups in total. The fourth-order valence-electron chi connectivity index (χ4n) is 1.82. The molecule has 0 aliphatic carbocycles. The van der Waals surface area contributed by atoms with E-state index >= 15 is 0 Å². The van der Waals surface area contributed by atoms with Gasteiger partial charge in [-0.05, 0) is 30.2 Å². The number of rotatable bonds is 2. The number of nitrogens with zero attached hydrogens (tertiary/aromatic N) is 1. The van der Waals surface area contributed by atoms with Gasteiger partial charge in [0.15, 0.2) is 0 Å². The van der Waals surface area contributed by atoms with Crippen molar-refractivity contribution in [2.24, 2.45) is 7.05 Å². The molecule has 0 spiro atoms. The van der Waals surface area contributed by atoms with E-state index in [2.05, 4.69) is 0 Å². The highest BCUT2D eigenvalue weighted by Crippen LogP contribution is 2.39. The molecule has 1 aromatic carbocycles. The highest BCUT2D eigenvalue weighted by molar-refractivity contribution is 8.00. The van der Waals surface area contributed by atoms with Gasteiger partial charge in [-0.2, -0.15) is 13.2 Å². The maximum Gasteiger partial charge on any atom is 0.446 e. The minimum absolute atomic E-state index is 0.0542. The lowest BCUT2D eigenvalue weighted by molar-refractivity contribution is -0.0327. The Kier molecular flexibility index (Phi) is 3.87. The van der Waals surface area contributed by atoms with Gasteiger partial charge in [0, 0.05) is 18.1 Å². The summed E-state index contributed by atoms with van der Waals surface area (Å²) in [6.07, 6.45) is 3.36. The average Bonchev–Trinajstić information content (AvgIpc) is 2.31. The van der Waals surface area contributed by atoms with Crippen molar-refractivity contribution in [3.63, 3.8) is 0 Å². The van der Waals surface area contributed by atoms with Crippen LogP contribution in [0.2, 0.25) is 0 Å². The third kappa shape index (κ3) is 2.92. The molecule has 1 aromatic heterocycles. The number of aryl methyl sites for hydroxylation is 1. The molecule has 0 fully saturated rings. The van der Waals surface area contributed by atoms with Crippen molar-refractivity contribution in [1.82, 2.24) is 4.57 Å². The number of alkyl halides is 3. The molecular weight excluding hydrogens is 295 g/mol. The van der Waals surface area contributed by atoms with Crippen molar-refractivity contribution >= 4 is 34.4 Å². The SMILES string of the molecule is CSc1cn(C)c2cccc(SC(F)(F)F)c2c1=O. The normalized spacial score (nSPS) is 12.1. The van der Waals surface area contributed by atoms with Crippen LogP contribution in [0.1, 0.15) is 0 Å². The minimum Gasteiger partial charge on any atom is -0.349 e. The molecule has 2 rings (SSSR count). The Morgan fingerprint density at radius 2 is 1.89 bits per heavy atom. The number of pyridine rings is 1. The van der Waals surface area contributed by atoms with Crippen LogP contribution in [0.3, 0.4) is 0 Å². The van der Waals surface area contributed by atoms with Crippen LogP contribution in [0.5, 0.6) is 0 Å². The first-order valence-electron chi connectivity index (χ1n) is 5.25. The summed E-state index contributed by atoms with van der Waals surface area (Å²) >= 11 is 0.977. The van der Waals surface area contributed by atoms with Gasteiger partial charge in [-0.15, -0.1) is 11.8 Å². The van der Waals surface area contributed by atoms with E-state index in [1.165, 1.54) is 23.9 Å². The molecule has 0 saturated heterocycles. The van der Waals surface area contributed by atoms with E-state index in [-0.39, 0.29) is 27.5 Å². The zero-order valence-corrected chi connectivity index (χ0v) is 11.7. The molecule has 102 valence electrons. The van der Waals surface area contributed by atoms with Crippen molar-refractivity contribution in [3.8, 4) is 0 Å². The fourth-order valence-corrected chi connectivity index (χ4v) is 3.07. The van der Waals surface area contributed by atoms with Gasteiger partial charge >= 0.3 is 5.51 Å². The molecule has 2 aromatic rings. The van der Waals surface area contributed by atoms with Gasteiger partial charge in [0.25, 0.3) is 0 Å². The summed E-state index contributed by atoms with van der Waals surface area (Å²) in [7, 11) is 1.71. The maximum absolute atomic E-state index is 12.5. The number of halogens is 3. The van der Waals surface area contributed by atoms with E-state index in [1.54, 1.807) is 30.1 Å². The molecule has 19 heavy (non-hydrogen) atoms. The molecule has 1 heterocycles. The molecule has 0 amide bonds. The van der Waals surface area contributed by atoms with Crippen LogP contribution in [0.15, 0.2) is 39.0 Å². The Bertz CT molecular complexity index is 679. The van der Waals surface area contributed by atoms with Crippen molar-refractivity contribution in [1.29, 1.82) is 0 Å². The second-order valence-corrected chi connectivity index (χ2v) is 5.79. The van der Waals surface area contributed by atoms with E-state index < -0.39 is 5.51 Å². The first-order chi connectivity index (χ1) is 8.83. The number of thioether (sulfide) groups is 2. The Morgan fingerprint density at radius 1 is 1.21 bits per heavy atom. The molecule has 0 bridgehead atoms. The summed E-state index contributed by atoms with van der Waals surface area (Å²) in [5, 5.41) is 0.124. The van der Waals surface area contributed by atoms with E-state index in [4.69, 9.17) is 0 Å². The van der Waals surface area contributed by atoms with Gasteiger partial charge in [-0.25, -0.2) is 0 Å². The van der Waals surface area contributed by atoms with Crippen molar-refractivity contribution in [3.05, 3.63) is 34.6 Å². The molecule has 2 nitrogen and oxygen atoms in total. The van der Waals surface area contributed by atoms with E-state index in [0.29, 0.717) is 10.4 Å². The monoisotopic (exact) mass is 305 g/mol. The van der Waals surface area contributed by atoms with E-state index in [1.807, 2.05) is 0 Å². The van der Waals surface area contributed by atoms with Crippen LogP contribution >= 0.6 is 23.5 Å². The number of hydrogen-bond acceptors (Lipinski definition) is 3. The van der Waals surface area contributed by atoms with Gasteiger partial charge in [0.2, 0.25) is 5.43 Å². The number of aromatic nitrogens is 1. The van der Waals surface area contributed by atoms with Gasteiger partial charge in [-0.1, -0.05) is 6.07 Å². The van der Waals surface area contributed by atoms with Crippen LogP contribution in [0.4, 0.5) is 13.2 Å². The molecule has 0 unspecified atom stereocenters. The minimum atomic E-state index is -4.41. The van der Waals surface area contributed by atoms with Gasteiger partial charge < -0.3 is 4.57 Å². The lowest BCUT2D eigenvalue weighted by atomic mass is 10.2. The molecule has 0 aliphatic heterocycles. The number of benzene rings is 1. The summed E-state index contributed by atoms with van der Waals surface area (Å²) < 4.78 is 39.3. The third-order valence-electron chi connectivity index (χ3n) is 2.59. The molecule has 0 aliphatic rings. The largest absolute Gasteiger partial charge is 0.446 e. The lowest BCUT2D eigenvalue weighted by Crippen LogP contribution is -2.11. The van der Waals surface area contributed by atoms with Crippen LogP contribution < -0.4 is 5.43 Å². The number of fused-ring (bicyclic) bond motifs is 1.